The number of unbranched alkanes of at least 4 members (excludes halogenated alkanes) is 1. The number of primary amides is 1. The molecule has 2 fully saturated rings. The molecule has 2 aliphatic rings. The number of hydrogen-bond acceptors (Lipinski definition) is 5. The average Bonchev–Trinajstić information content (AvgIpc) is 3.03. The molecule has 7 heteroatoms. The van der Waals surface area contributed by atoms with Crippen LogP contribution in [0.1, 0.15) is 63.5 Å². The Morgan fingerprint density at radius 3 is 2.60 bits per heavy atom. The Labute approximate surface area is 149 Å². The van der Waals surface area contributed by atoms with Gasteiger partial charge in [0.1, 0.15) is 5.82 Å². The van der Waals surface area contributed by atoms with E-state index in [0.717, 1.165) is 64.4 Å². The van der Waals surface area contributed by atoms with Gasteiger partial charge in [0.25, 0.3) is 0 Å². The lowest BCUT2D eigenvalue weighted by atomic mass is 9.79. The third-order valence-electron chi connectivity index (χ3n) is 5.48. The fraction of sp³-hybridized carbons (Fsp3) is 0.833. The molecule has 1 saturated carbocycles. The largest absolute Gasteiger partial charge is 0.379 e. The minimum Gasteiger partial charge on any atom is -0.379 e. The Bertz CT molecular complexity index is 574. The lowest BCUT2D eigenvalue weighted by molar-refractivity contribution is -0.117. The van der Waals surface area contributed by atoms with Crippen LogP contribution in [0.3, 0.4) is 0 Å². The van der Waals surface area contributed by atoms with Crippen molar-refractivity contribution in [3.8, 4) is 0 Å². The number of amides is 1. The summed E-state index contributed by atoms with van der Waals surface area (Å²) in [6, 6.07) is 0. The molecule has 1 aromatic rings. The monoisotopic (exact) mass is 349 g/mol. The highest BCUT2D eigenvalue weighted by Gasteiger charge is 2.44. The molecule has 3 rings (SSSR count). The summed E-state index contributed by atoms with van der Waals surface area (Å²) >= 11 is 0. The summed E-state index contributed by atoms with van der Waals surface area (Å²) in [7, 11) is 0. The number of ether oxygens (including phenoxy) is 1. The van der Waals surface area contributed by atoms with E-state index in [2.05, 4.69) is 21.6 Å². The van der Waals surface area contributed by atoms with E-state index in [-0.39, 0.29) is 17.9 Å². The lowest BCUT2D eigenvalue weighted by Crippen LogP contribution is -2.53. The first-order valence-electron chi connectivity index (χ1n) is 9.71. The molecule has 0 atom stereocenters. The minimum atomic E-state index is -0.372. The second-order valence-electron chi connectivity index (χ2n) is 7.26. The van der Waals surface area contributed by atoms with Crippen LogP contribution >= 0.6 is 0 Å². The van der Waals surface area contributed by atoms with Gasteiger partial charge in [-0.1, -0.05) is 32.6 Å². The highest BCUT2D eigenvalue weighted by molar-refractivity contribution is 5.75. The number of carbonyl (C=O) groups is 1. The average molecular weight is 349 g/mol. The van der Waals surface area contributed by atoms with Gasteiger partial charge >= 0.3 is 0 Å². The summed E-state index contributed by atoms with van der Waals surface area (Å²) in [6.07, 6.45) is 8.20. The molecule has 7 nitrogen and oxygen atoms in total. The van der Waals surface area contributed by atoms with Crippen LogP contribution in [0.4, 0.5) is 0 Å². The van der Waals surface area contributed by atoms with Gasteiger partial charge in [-0.3, -0.25) is 9.69 Å². The molecule has 140 valence electrons. The molecule has 0 aromatic carbocycles. The highest BCUT2D eigenvalue weighted by atomic mass is 16.5. The maximum Gasteiger partial charge on any atom is 0.225 e. The first-order chi connectivity index (χ1) is 12.2. The van der Waals surface area contributed by atoms with E-state index in [9.17, 15) is 4.79 Å². The number of carbonyl (C=O) groups excluding carboxylic acids is 1. The molecule has 1 saturated heterocycles. The number of hydrogen-bond donors (Lipinski definition) is 1. The summed E-state index contributed by atoms with van der Waals surface area (Å²) in [5.74, 6) is 1.24. The highest BCUT2D eigenvalue weighted by Crippen LogP contribution is 2.42. The molecule has 0 radical (unpaired) electrons. The van der Waals surface area contributed by atoms with E-state index in [1.807, 2.05) is 0 Å². The van der Waals surface area contributed by atoms with Gasteiger partial charge in [0.05, 0.1) is 25.2 Å². The van der Waals surface area contributed by atoms with Crippen molar-refractivity contribution in [2.45, 2.75) is 70.4 Å². The van der Waals surface area contributed by atoms with Crippen molar-refractivity contribution in [1.82, 2.24) is 19.7 Å². The first-order valence-corrected chi connectivity index (χ1v) is 9.71. The number of aryl methyl sites for hydroxylation is 1. The quantitative estimate of drug-likeness (QED) is 0.808. The van der Waals surface area contributed by atoms with Gasteiger partial charge in [-0.2, -0.15) is 5.10 Å². The van der Waals surface area contributed by atoms with Gasteiger partial charge < -0.3 is 10.5 Å². The summed E-state index contributed by atoms with van der Waals surface area (Å²) in [5, 5.41) is 4.65. The van der Waals surface area contributed by atoms with Crippen molar-refractivity contribution >= 4 is 5.91 Å². The van der Waals surface area contributed by atoms with Gasteiger partial charge in [-0.05, 0) is 19.3 Å². The fourth-order valence-corrected chi connectivity index (χ4v) is 4.24. The number of aromatic nitrogens is 3. The lowest BCUT2D eigenvalue weighted by Gasteiger charge is -2.47. The normalized spacial score (nSPS) is 21.3. The first kappa shape index (κ1) is 18.3. The Morgan fingerprint density at radius 1 is 1.24 bits per heavy atom. The molecule has 2 heterocycles. The van der Waals surface area contributed by atoms with Crippen molar-refractivity contribution in [2.24, 2.45) is 5.73 Å². The van der Waals surface area contributed by atoms with Crippen LogP contribution in [0.2, 0.25) is 0 Å². The van der Waals surface area contributed by atoms with Gasteiger partial charge in [0, 0.05) is 19.6 Å². The molecule has 1 amide bonds. The number of nitrogens with two attached hydrogens (primary N) is 1. The second kappa shape index (κ2) is 8.27. The van der Waals surface area contributed by atoms with Crippen LogP contribution < -0.4 is 5.73 Å². The van der Waals surface area contributed by atoms with Crippen molar-refractivity contribution < 1.29 is 9.53 Å². The third-order valence-corrected chi connectivity index (χ3v) is 5.48. The van der Waals surface area contributed by atoms with Crippen molar-refractivity contribution in [1.29, 1.82) is 0 Å². The molecular weight excluding hydrogens is 318 g/mol. The van der Waals surface area contributed by atoms with E-state index in [0.29, 0.717) is 5.82 Å². The molecule has 0 spiro atoms. The minimum absolute atomic E-state index is 0.0708. The number of rotatable bonds is 7. The maximum atomic E-state index is 11.4. The zero-order valence-corrected chi connectivity index (χ0v) is 15.4. The maximum absolute atomic E-state index is 11.4. The molecule has 2 N–H and O–H groups in total. The third kappa shape index (κ3) is 4.03. The van der Waals surface area contributed by atoms with Crippen LogP contribution in [0.5, 0.6) is 0 Å². The summed E-state index contributed by atoms with van der Waals surface area (Å²) in [6.45, 7) is 6.46. The summed E-state index contributed by atoms with van der Waals surface area (Å²) < 4.78 is 7.64. The van der Waals surface area contributed by atoms with Crippen LogP contribution in [0.15, 0.2) is 0 Å². The molecule has 25 heavy (non-hydrogen) atoms. The fourth-order valence-electron chi connectivity index (χ4n) is 4.24. The predicted octanol–water partition coefficient (Wildman–Crippen LogP) is 1.60. The van der Waals surface area contributed by atoms with E-state index in [1.54, 1.807) is 0 Å². The van der Waals surface area contributed by atoms with E-state index in [1.165, 1.54) is 19.3 Å². The van der Waals surface area contributed by atoms with Crippen LogP contribution in [0.25, 0.3) is 0 Å². The van der Waals surface area contributed by atoms with Gasteiger partial charge in [0.2, 0.25) is 5.91 Å². The summed E-state index contributed by atoms with van der Waals surface area (Å²) in [4.78, 5) is 18.8. The Balaban J connectivity index is 1.97. The van der Waals surface area contributed by atoms with Crippen LogP contribution in [-0.4, -0.2) is 51.9 Å². The van der Waals surface area contributed by atoms with E-state index in [4.69, 9.17) is 15.5 Å². The zero-order valence-electron chi connectivity index (χ0n) is 15.4. The van der Waals surface area contributed by atoms with Crippen LogP contribution in [0, 0.1) is 0 Å². The standard InChI is InChI=1S/C18H31N5O2/c1-2-3-9-23-17(20-16(21-23)14-15(19)24)18(7-5-4-6-8-18)22-10-12-25-13-11-22/h2-14H2,1H3,(H2,19,24). The number of nitrogens with zero attached hydrogens (tertiary/aromatic N) is 4. The van der Waals surface area contributed by atoms with Crippen LogP contribution in [-0.2, 0) is 28.0 Å². The Kier molecular flexibility index (Phi) is 6.06. The SMILES string of the molecule is CCCCn1nc(CC(N)=O)nc1C1(N2CCOCC2)CCCCC1. The van der Waals surface area contributed by atoms with Gasteiger partial charge in [-0.15, -0.1) is 0 Å². The Hall–Kier alpha value is -1.47. The smallest absolute Gasteiger partial charge is 0.225 e. The molecule has 1 aliphatic heterocycles. The second-order valence-corrected chi connectivity index (χ2v) is 7.26. The molecule has 0 bridgehead atoms. The van der Waals surface area contributed by atoms with Crippen molar-refractivity contribution in [3.63, 3.8) is 0 Å². The zero-order chi connectivity index (χ0) is 17.7. The van der Waals surface area contributed by atoms with E-state index < -0.39 is 0 Å². The summed E-state index contributed by atoms with van der Waals surface area (Å²) in [5.41, 5.74) is 5.31. The van der Waals surface area contributed by atoms with Gasteiger partial charge in [-0.25, -0.2) is 9.67 Å². The van der Waals surface area contributed by atoms with Crippen molar-refractivity contribution in [3.05, 3.63) is 11.6 Å². The van der Waals surface area contributed by atoms with Gasteiger partial charge in [0.15, 0.2) is 5.82 Å². The van der Waals surface area contributed by atoms with E-state index >= 15 is 0 Å². The molecular formula is C18H31N5O2. The van der Waals surface area contributed by atoms with Crippen molar-refractivity contribution in [2.75, 3.05) is 26.3 Å². The topological polar surface area (TPSA) is 86.3 Å². The predicted molar refractivity (Wildman–Crippen MR) is 95.0 cm³/mol. The Morgan fingerprint density at radius 2 is 1.96 bits per heavy atom. The molecule has 1 aromatic heterocycles. The molecule has 1 aliphatic carbocycles. The molecule has 0 unspecified atom stereocenters. The number of morpholine rings is 1.